The molecule has 4 rings (SSSR count). The molecular formula is C19H15ClFN3O3. The van der Waals surface area contributed by atoms with E-state index >= 15 is 0 Å². The van der Waals surface area contributed by atoms with Gasteiger partial charge in [-0.15, -0.1) is 0 Å². The lowest BCUT2D eigenvalue weighted by molar-refractivity contribution is 0.415. The molecule has 27 heavy (non-hydrogen) atoms. The van der Waals surface area contributed by atoms with Crippen LogP contribution in [0.15, 0.2) is 46.0 Å². The van der Waals surface area contributed by atoms with Gasteiger partial charge in [-0.1, -0.05) is 11.6 Å². The summed E-state index contributed by atoms with van der Waals surface area (Å²) in [5.74, 6) is 0.0000109. The van der Waals surface area contributed by atoms with Gasteiger partial charge in [0, 0.05) is 19.5 Å². The van der Waals surface area contributed by atoms with Crippen molar-refractivity contribution < 1.29 is 9.13 Å². The van der Waals surface area contributed by atoms with Crippen LogP contribution in [0, 0.1) is 5.82 Å². The second-order valence-electron chi connectivity index (χ2n) is 6.22. The molecule has 0 saturated heterocycles. The number of hydrogen-bond donors (Lipinski definition) is 0. The Morgan fingerprint density at radius 2 is 1.74 bits per heavy atom. The maximum Gasteiger partial charge on any atom is 0.335 e. The minimum atomic E-state index is -0.622. The molecule has 138 valence electrons. The van der Waals surface area contributed by atoms with Crippen LogP contribution in [0.4, 0.5) is 4.39 Å². The van der Waals surface area contributed by atoms with E-state index in [9.17, 15) is 14.0 Å². The first-order valence-corrected chi connectivity index (χ1v) is 8.46. The molecule has 0 amide bonds. The Bertz CT molecular complexity index is 1350. The number of benzene rings is 2. The van der Waals surface area contributed by atoms with Crippen LogP contribution in [0.25, 0.3) is 27.6 Å². The molecule has 0 aliphatic heterocycles. The molecule has 4 aromatic rings. The maximum atomic E-state index is 13.5. The van der Waals surface area contributed by atoms with Gasteiger partial charge in [0.2, 0.25) is 0 Å². The molecular weight excluding hydrogens is 373 g/mol. The Hall–Kier alpha value is -3.06. The van der Waals surface area contributed by atoms with Gasteiger partial charge in [0.25, 0.3) is 5.56 Å². The summed E-state index contributed by atoms with van der Waals surface area (Å²) in [6.07, 6.45) is 0. The number of aryl methyl sites for hydroxylation is 2. The van der Waals surface area contributed by atoms with Crippen molar-refractivity contribution in [3.8, 4) is 11.4 Å². The second-order valence-corrected chi connectivity index (χ2v) is 6.63. The van der Waals surface area contributed by atoms with E-state index < -0.39 is 17.1 Å². The van der Waals surface area contributed by atoms with Crippen molar-refractivity contribution >= 4 is 33.5 Å². The van der Waals surface area contributed by atoms with E-state index in [4.69, 9.17) is 16.3 Å². The van der Waals surface area contributed by atoms with Crippen LogP contribution < -0.4 is 16.0 Å². The SMILES string of the molecule is COc1ccc2c(c1)c1c(c(=O)n(-c3ccc(F)c(Cl)c3)c(=O)n1C)n2C. The van der Waals surface area contributed by atoms with Crippen LogP contribution in [0.1, 0.15) is 0 Å². The third kappa shape index (κ3) is 2.39. The van der Waals surface area contributed by atoms with E-state index in [1.54, 1.807) is 37.9 Å². The molecule has 0 unspecified atom stereocenters. The van der Waals surface area contributed by atoms with Crippen LogP contribution in [-0.2, 0) is 14.1 Å². The van der Waals surface area contributed by atoms with Gasteiger partial charge < -0.3 is 9.30 Å². The summed E-state index contributed by atoms with van der Waals surface area (Å²) >= 11 is 5.84. The molecule has 0 spiro atoms. The lowest BCUT2D eigenvalue weighted by atomic mass is 10.2. The first kappa shape index (κ1) is 17.4. The minimum Gasteiger partial charge on any atom is -0.497 e. The zero-order valence-corrected chi connectivity index (χ0v) is 15.5. The van der Waals surface area contributed by atoms with Gasteiger partial charge in [0.05, 0.1) is 28.9 Å². The molecule has 0 atom stereocenters. The van der Waals surface area contributed by atoms with Crippen LogP contribution >= 0.6 is 11.6 Å². The van der Waals surface area contributed by atoms with E-state index in [1.807, 2.05) is 6.07 Å². The Balaban J connectivity index is 2.20. The lowest BCUT2D eigenvalue weighted by Crippen LogP contribution is -2.38. The molecule has 8 heteroatoms. The highest BCUT2D eigenvalue weighted by Gasteiger charge is 2.20. The summed E-state index contributed by atoms with van der Waals surface area (Å²) in [6.45, 7) is 0. The van der Waals surface area contributed by atoms with E-state index in [2.05, 4.69) is 0 Å². The molecule has 0 fully saturated rings. The van der Waals surface area contributed by atoms with E-state index in [0.29, 0.717) is 16.8 Å². The minimum absolute atomic E-state index is 0.164. The summed E-state index contributed by atoms with van der Waals surface area (Å²) in [5.41, 5.74) is 0.787. The standard InChI is InChI=1S/C19H15ClFN3O3/c1-22-15-7-5-11(27-3)9-12(15)16-17(22)18(25)24(19(26)23(16)2)10-4-6-14(21)13(20)8-10/h4-9H,1-3H3. The fraction of sp³-hybridized carbons (Fsp3) is 0.158. The maximum absolute atomic E-state index is 13.5. The summed E-state index contributed by atoms with van der Waals surface area (Å²) in [4.78, 5) is 26.2. The van der Waals surface area contributed by atoms with Crippen molar-refractivity contribution in [1.82, 2.24) is 13.7 Å². The monoisotopic (exact) mass is 387 g/mol. The Morgan fingerprint density at radius 1 is 1.00 bits per heavy atom. The van der Waals surface area contributed by atoms with Crippen molar-refractivity contribution in [3.05, 3.63) is 68.1 Å². The number of ether oxygens (including phenoxy) is 1. The van der Waals surface area contributed by atoms with Crippen LogP contribution in [-0.4, -0.2) is 20.8 Å². The molecule has 2 heterocycles. The van der Waals surface area contributed by atoms with Crippen LogP contribution in [0.5, 0.6) is 5.75 Å². The van der Waals surface area contributed by atoms with Crippen molar-refractivity contribution in [3.63, 3.8) is 0 Å². The predicted molar refractivity (Wildman–Crippen MR) is 103 cm³/mol. The Kier molecular flexibility index (Phi) is 3.85. The fourth-order valence-electron chi connectivity index (χ4n) is 3.41. The highest BCUT2D eigenvalue weighted by molar-refractivity contribution is 6.30. The van der Waals surface area contributed by atoms with Gasteiger partial charge in [0.15, 0.2) is 0 Å². The molecule has 2 aromatic carbocycles. The van der Waals surface area contributed by atoms with Crippen molar-refractivity contribution in [2.24, 2.45) is 14.1 Å². The first-order chi connectivity index (χ1) is 12.8. The van der Waals surface area contributed by atoms with E-state index in [-0.39, 0.29) is 10.7 Å². The number of methoxy groups -OCH3 is 1. The summed E-state index contributed by atoms with van der Waals surface area (Å²) in [7, 11) is 4.90. The number of aromatic nitrogens is 3. The highest BCUT2D eigenvalue weighted by Crippen LogP contribution is 2.29. The van der Waals surface area contributed by atoms with E-state index in [1.165, 1.54) is 16.7 Å². The van der Waals surface area contributed by atoms with Gasteiger partial charge in [-0.2, -0.15) is 0 Å². The van der Waals surface area contributed by atoms with Crippen LogP contribution in [0.3, 0.4) is 0 Å². The Labute approximate surface area is 157 Å². The number of fused-ring (bicyclic) bond motifs is 3. The molecule has 0 bridgehead atoms. The van der Waals surface area contributed by atoms with Crippen molar-refractivity contribution in [1.29, 1.82) is 0 Å². The molecule has 6 nitrogen and oxygen atoms in total. The normalized spacial score (nSPS) is 11.4. The Morgan fingerprint density at radius 3 is 2.41 bits per heavy atom. The van der Waals surface area contributed by atoms with E-state index in [0.717, 1.165) is 21.5 Å². The van der Waals surface area contributed by atoms with Crippen molar-refractivity contribution in [2.75, 3.05) is 7.11 Å². The third-order valence-corrected chi connectivity index (χ3v) is 5.05. The highest BCUT2D eigenvalue weighted by atomic mass is 35.5. The van der Waals surface area contributed by atoms with Gasteiger partial charge in [-0.05, 0) is 36.4 Å². The van der Waals surface area contributed by atoms with Crippen molar-refractivity contribution in [2.45, 2.75) is 0 Å². The number of halogens is 2. The quantitative estimate of drug-likeness (QED) is 0.531. The molecule has 0 aliphatic rings. The van der Waals surface area contributed by atoms with Gasteiger partial charge in [-0.3, -0.25) is 9.36 Å². The molecule has 0 aliphatic carbocycles. The van der Waals surface area contributed by atoms with Gasteiger partial charge >= 0.3 is 5.69 Å². The number of hydrogen-bond acceptors (Lipinski definition) is 3. The third-order valence-electron chi connectivity index (χ3n) is 4.76. The topological polar surface area (TPSA) is 58.2 Å². The first-order valence-electron chi connectivity index (χ1n) is 8.08. The molecule has 0 saturated carbocycles. The average Bonchev–Trinajstić information content (AvgIpc) is 2.95. The zero-order valence-electron chi connectivity index (χ0n) is 14.8. The van der Waals surface area contributed by atoms with Gasteiger partial charge in [0.1, 0.15) is 17.1 Å². The van der Waals surface area contributed by atoms with Gasteiger partial charge in [-0.25, -0.2) is 13.8 Å². The summed E-state index contributed by atoms with van der Waals surface area (Å²) in [5, 5.41) is 0.566. The lowest BCUT2D eigenvalue weighted by Gasteiger charge is -2.10. The summed E-state index contributed by atoms with van der Waals surface area (Å²) in [6, 6.07) is 9.14. The molecule has 0 radical (unpaired) electrons. The van der Waals surface area contributed by atoms with Crippen LogP contribution in [0.2, 0.25) is 5.02 Å². The number of rotatable bonds is 2. The average molecular weight is 388 g/mol. The smallest absolute Gasteiger partial charge is 0.335 e. The second kappa shape index (κ2) is 5.99. The number of nitrogens with zero attached hydrogens (tertiary/aromatic N) is 3. The fourth-order valence-corrected chi connectivity index (χ4v) is 3.58. The molecule has 0 N–H and O–H groups in total. The summed E-state index contributed by atoms with van der Waals surface area (Å²) < 4.78 is 22.9. The largest absolute Gasteiger partial charge is 0.497 e. The zero-order chi connectivity index (χ0) is 19.5. The molecule has 2 aromatic heterocycles. The predicted octanol–water partition coefficient (Wildman–Crippen LogP) is 2.98.